The summed E-state index contributed by atoms with van der Waals surface area (Å²) in [5, 5.41) is 8.94. The summed E-state index contributed by atoms with van der Waals surface area (Å²) in [5.74, 6) is 0.0263. The number of rotatable bonds is 4. The zero-order chi connectivity index (χ0) is 12.8. The van der Waals surface area contributed by atoms with Crippen molar-refractivity contribution >= 4 is 17.6 Å². The second-order valence-corrected chi connectivity index (χ2v) is 3.87. The fourth-order valence-corrected chi connectivity index (χ4v) is 1.91. The van der Waals surface area contributed by atoms with Crippen LogP contribution in [-0.4, -0.2) is 12.6 Å². The summed E-state index contributed by atoms with van der Waals surface area (Å²) in [4.78, 5) is 11.5. The van der Waals surface area contributed by atoms with Gasteiger partial charge in [-0.2, -0.15) is 5.26 Å². The second kappa shape index (κ2) is 6.27. The molecule has 17 heavy (non-hydrogen) atoms. The Hall–Kier alpha value is -1.53. The monoisotopic (exact) mass is 251 g/mol. The van der Waals surface area contributed by atoms with Gasteiger partial charge in [0.2, 0.25) is 0 Å². The van der Waals surface area contributed by atoms with Gasteiger partial charge in [0.1, 0.15) is 0 Å². The van der Waals surface area contributed by atoms with Gasteiger partial charge < -0.3 is 4.74 Å². The number of carbonyl (C=O) groups is 1. The van der Waals surface area contributed by atoms with E-state index in [1.807, 2.05) is 6.92 Å². The predicted molar refractivity (Wildman–Crippen MR) is 65.8 cm³/mol. The average molecular weight is 252 g/mol. The van der Waals surface area contributed by atoms with Crippen LogP contribution in [0.2, 0.25) is 0 Å². The van der Waals surface area contributed by atoms with Crippen LogP contribution in [-0.2, 0) is 21.8 Å². The Labute approximate surface area is 106 Å². The molecule has 0 atom stereocenters. The van der Waals surface area contributed by atoms with Gasteiger partial charge in [0, 0.05) is 5.88 Å². The first-order valence-corrected chi connectivity index (χ1v) is 5.90. The molecule has 4 heteroatoms. The molecular formula is C13H14ClNO2. The van der Waals surface area contributed by atoms with Crippen molar-refractivity contribution in [3.8, 4) is 6.07 Å². The number of nitriles is 1. The lowest BCUT2D eigenvalue weighted by Crippen LogP contribution is -2.11. The third kappa shape index (κ3) is 3.21. The summed E-state index contributed by atoms with van der Waals surface area (Å²) in [5.41, 5.74) is 3.05. The molecule has 0 N–H and O–H groups in total. The van der Waals surface area contributed by atoms with Gasteiger partial charge in [0.15, 0.2) is 0 Å². The fraction of sp³-hybridized carbons (Fsp3) is 0.385. The highest BCUT2D eigenvalue weighted by molar-refractivity contribution is 6.17. The number of ether oxygens (including phenoxy) is 1. The molecule has 0 fully saturated rings. The third-order valence-corrected chi connectivity index (χ3v) is 2.87. The molecule has 0 aliphatic heterocycles. The van der Waals surface area contributed by atoms with Crippen molar-refractivity contribution in [3.63, 3.8) is 0 Å². The molecule has 0 saturated heterocycles. The topological polar surface area (TPSA) is 50.1 Å². The Morgan fingerprint density at radius 2 is 2.24 bits per heavy atom. The number of carbonyl (C=O) groups excluding carboxylic acids is 1. The average Bonchev–Trinajstić information content (AvgIpc) is 2.32. The maximum Gasteiger partial charge on any atom is 0.310 e. The number of alkyl halides is 1. The van der Waals surface area contributed by atoms with Crippen molar-refractivity contribution in [3.05, 3.63) is 34.4 Å². The zero-order valence-electron chi connectivity index (χ0n) is 9.92. The molecule has 0 spiro atoms. The molecular weight excluding hydrogens is 238 g/mol. The van der Waals surface area contributed by atoms with Gasteiger partial charge in [-0.25, -0.2) is 0 Å². The molecule has 0 bridgehead atoms. The lowest BCUT2D eigenvalue weighted by molar-refractivity contribution is -0.142. The standard InChI is InChI=1S/C13H14ClNO2/c1-3-17-13(16)6-12-9(2)11(8-15)5-4-10(12)7-14/h4-5H,3,6-7H2,1-2H3. The summed E-state index contributed by atoms with van der Waals surface area (Å²) >= 11 is 5.83. The minimum atomic E-state index is -0.294. The highest BCUT2D eigenvalue weighted by atomic mass is 35.5. The van der Waals surface area contributed by atoms with Crippen LogP contribution in [0.5, 0.6) is 0 Å². The van der Waals surface area contributed by atoms with Crippen molar-refractivity contribution in [2.75, 3.05) is 6.61 Å². The molecule has 0 aliphatic carbocycles. The molecule has 0 saturated carbocycles. The highest BCUT2D eigenvalue weighted by Gasteiger charge is 2.13. The fourth-order valence-electron chi connectivity index (χ4n) is 1.66. The molecule has 0 unspecified atom stereocenters. The molecule has 0 radical (unpaired) electrons. The van der Waals surface area contributed by atoms with E-state index in [4.69, 9.17) is 21.6 Å². The molecule has 0 aromatic heterocycles. The molecule has 1 aromatic carbocycles. The minimum absolute atomic E-state index is 0.164. The predicted octanol–water partition coefficient (Wildman–Crippen LogP) is 2.71. The Morgan fingerprint density at radius 1 is 1.53 bits per heavy atom. The molecule has 90 valence electrons. The van der Waals surface area contributed by atoms with Gasteiger partial charge in [0.05, 0.1) is 24.7 Å². The van der Waals surface area contributed by atoms with Crippen LogP contribution in [0.15, 0.2) is 12.1 Å². The van der Waals surface area contributed by atoms with Gasteiger partial charge in [-0.3, -0.25) is 4.79 Å². The number of nitrogens with zero attached hydrogens (tertiary/aromatic N) is 1. The van der Waals surface area contributed by atoms with E-state index in [9.17, 15) is 4.79 Å². The van der Waals surface area contributed by atoms with E-state index < -0.39 is 0 Å². The van der Waals surface area contributed by atoms with Crippen LogP contribution >= 0.6 is 11.6 Å². The van der Waals surface area contributed by atoms with E-state index in [0.717, 1.165) is 16.7 Å². The molecule has 1 rings (SSSR count). The summed E-state index contributed by atoms with van der Waals surface area (Å²) in [6, 6.07) is 5.61. The summed E-state index contributed by atoms with van der Waals surface area (Å²) < 4.78 is 4.91. The number of esters is 1. The highest BCUT2D eigenvalue weighted by Crippen LogP contribution is 2.21. The Morgan fingerprint density at radius 3 is 2.76 bits per heavy atom. The van der Waals surface area contributed by atoms with E-state index in [0.29, 0.717) is 18.1 Å². The van der Waals surface area contributed by atoms with E-state index in [1.54, 1.807) is 19.1 Å². The van der Waals surface area contributed by atoms with Crippen LogP contribution in [0.25, 0.3) is 0 Å². The van der Waals surface area contributed by atoms with Crippen LogP contribution in [0.1, 0.15) is 29.2 Å². The molecule has 0 heterocycles. The quantitative estimate of drug-likeness (QED) is 0.611. The zero-order valence-corrected chi connectivity index (χ0v) is 10.7. The van der Waals surface area contributed by atoms with Gasteiger partial charge in [-0.05, 0) is 36.6 Å². The third-order valence-electron chi connectivity index (χ3n) is 2.59. The van der Waals surface area contributed by atoms with Crippen molar-refractivity contribution < 1.29 is 9.53 Å². The van der Waals surface area contributed by atoms with E-state index in [1.165, 1.54) is 0 Å². The van der Waals surface area contributed by atoms with Crippen LogP contribution in [0, 0.1) is 18.3 Å². The van der Waals surface area contributed by atoms with E-state index in [-0.39, 0.29) is 12.4 Å². The lowest BCUT2D eigenvalue weighted by atomic mass is 9.96. The first-order valence-electron chi connectivity index (χ1n) is 5.37. The van der Waals surface area contributed by atoms with E-state index >= 15 is 0 Å². The Balaban J connectivity index is 3.11. The largest absolute Gasteiger partial charge is 0.466 e. The van der Waals surface area contributed by atoms with Crippen molar-refractivity contribution in [1.29, 1.82) is 5.26 Å². The maximum absolute atomic E-state index is 11.5. The van der Waals surface area contributed by atoms with Gasteiger partial charge in [-0.1, -0.05) is 6.07 Å². The first kappa shape index (κ1) is 13.5. The molecule has 0 amide bonds. The normalized spacial score (nSPS) is 9.76. The number of halogens is 1. The van der Waals surface area contributed by atoms with E-state index in [2.05, 4.69) is 6.07 Å². The number of benzene rings is 1. The number of hydrogen-bond donors (Lipinski definition) is 0. The lowest BCUT2D eigenvalue weighted by Gasteiger charge is -2.11. The second-order valence-electron chi connectivity index (χ2n) is 3.60. The maximum atomic E-state index is 11.5. The summed E-state index contributed by atoms with van der Waals surface area (Å²) in [6.45, 7) is 3.94. The summed E-state index contributed by atoms with van der Waals surface area (Å²) in [6.07, 6.45) is 0.164. The van der Waals surface area contributed by atoms with Gasteiger partial charge in [-0.15, -0.1) is 11.6 Å². The molecule has 1 aromatic rings. The molecule has 3 nitrogen and oxygen atoms in total. The van der Waals surface area contributed by atoms with Crippen LogP contribution < -0.4 is 0 Å². The van der Waals surface area contributed by atoms with Crippen molar-refractivity contribution in [2.45, 2.75) is 26.1 Å². The Kier molecular flexibility index (Phi) is 4.99. The van der Waals surface area contributed by atoms with Crippen molar-refractivity contribution in [1.82, 2.24) is 0 Å². The van der Waals surface area contributed by atoms with Crippen LogP contribution in [0.4, 0.5) is 0 Å². The molecule has 0 aliphatic rings. The van der Waals surface area contributed by atoms with Crippen LogP contribution in [0.3, 0.4) is 0 Å². The Bertz CT molecular complexity index is 463. The number of hydrogen-bond acceptors (Lipinski definition) is 3. The minimum Gasteiger partial charge on any atom is -0.466 e. The smallest absolute Gasteiger partial charge is 0.310 e. The SMILES string of the molecule is CCOC(=O)Cc1c(CCl)ccc(C#N)c1C. The summed E-state index contributed by atoms with van der Waals surface area (Å²) in [7, 11) is 0. The van der Waals surface area contributed by atoms with Gasteiger partial charge >= 0.3 is 5.97 Å². The first-order chi connectivity index (χ1) is 8.13. The van der Waals surface area contributed by atoms with Gasteiger partial charge in [0.25, 0.3) is 0 Å². The van der Waals surface area contributed by atoms with Crippen molar-refractivity contribution in [2.24, 2.45) is 0 Å².